The van der Waals surface area contributed by atoms with Crippen LogP contribution in [0.2, 0.25) is 0 Å². The molecule has 0 N–H and O–H groups in total. The Hall–Kier alpha value is -1.84. The van der Waals surface area contributed by atoms with Gasteiger partial charge < -0.3 is 9.64 Å². The first-order chi connectivity index (χ1) is 9.44. The van der Waals surface area contributed by atoms with E-state index in [0.29, 0.717) is 13.1 Å². The molecule has 108 valence electrons. The van der Waals surface area contributed by atoms with E-state index in [9.17, 15) is 9.59 Å². The van der Waals surface area contributed by atoms with Crippen molar-refractivity contribution in [1.82, 2.24) is 4.90 Å². The molecule has 1 aromatic rings. The molecule has 4 nitrogen and oxygen atoms in total. The fourth-order valence-corrected chi connectivity index (χ4v) is 2.79. The Morgan fingerprint density at radius 2 is 1.95 bits per heavy atom. The smallest absolute Gasteiger partial charge is 0.306 e. The minimum absolute atomic E-state index is 0.0120. The highest BCUT2D eigenvalue weighted by Crippen LogP contribution is 2.33. The first-order valence-corrected chi connectivity index (χ1v) is 6.87. The maximum Gasteiger partial charge on any atom is 0.306 e. The van der Waals surface area contributed by atoms with Gasteiger partial charge in [0.1, 0.15) is 0 Å². The Morgan fingerprint density at radius 1 is 1.25 bits per heavy atom. The lowest BCUT2D eigenvalue weighted by molar-refractivity contribution is -0.144. The third-order valence-corrected chi connectivity index (χ3v) is 3.82. The van der Waals surface area contributed by atoms with Crippen LogP contribution in [0.5, 0.6) is 0 Å². The molecule has 1 aromatic carbocycles. The summed E-state index contributed by atoms with van der Waals surface area (Å²) in [5.74, 6) is -0.326. The molecular weight excluding hydrogens is 254 g/mol. The molecule has 0 aliphatic carbocycles. The number of nitrogens with zero attached hydrogens (tertiary/aromatic N) is 1. The Balaban J connectivity index is 2.09. The average molecular weight is 275 g/mol. The summed E-state index contributed by atoms with van der Waals surface area (Å²) in [5, 5.41) is 0. The maximum absolute atomic E-state index is 12.2. The van der Waals surface area contributed by atoms with Gasteiger partial charge in [-0.05, 0) is 11.1 Å². The van der Waals surface area contributed by atoms with E-state index in [0.717, 1.165) is 0 Å². The first kappa shape index (κ1) is 14.6. The van der Waals surface area contributed by atoms with Crippen molar-refractivity contribution in [2.24, 2.45) is 0 Å². The van der Waals surface area contributed by atoms with Crippen molar-refractivity contribution in [3.63, 3.8) is 0 Å². The molecule has 0 unspecified atom stereocenters. The van der Waals surface area contributed by atoms with Gasteiger partial charge in [-0.1, -0.05) is 38.1 Å². The number of rotatable bonds is 3. The Labute approximate surface area is 119 Å². The molecule has 1 amide bonds. The van der Waals surface area contributed by atoms with E-state index in [1.165, 1.54) is 18.2 Å². The maximum atomic E-state index is 12.2. The molecule has 0 atom stereocenters. The van der Waals surface area contributed by atoms with Gasteiger partial charge in [0.15, 0.2) is 0 Å². The van der Waals surface area contributed by atoms with Crippen molar-refractivity contribution in [3.05, 3.63) is 35.4 Å². The third-order valence-electron chi connectivity index (χ3n) is 3.82. The van der Waals surface area contributed by atoms with Crippen molar-refractivity contribution in [1.29, 1.82) is 0 Å². The van der Waals surface area contributed by atoms with Crippen molar-refractivity contribution >= 4 is 11.9 Å². The van der Waals surface area contributed by atoms with E-state index in [4.69, 9.17) is 0 Å². The topological polar surface area (TPSA) is 46.6 Å². The van der Waals surface area contributed by atoms with Gasteiger partial charge in [0.2, 0.25) is 5.91 Å². The van der Waals surface area contributed by atoms with Crippen LogP contribution >= 0.6 is 0 Å². The molecule has 4 heteroatoms. The molecule has 2 rings (SSSR count). The van der Waals surface area contributed by atoms with Gasteiger partial charge in [-0.15, -0.1) is 0 Å². The quantitative estimate of drug-likeness (QED) is 0.795. The summed E-state index contributed by atoms with van der Waals surface area (Å²) in [4.78, 5) is 25.2. The highest BCUT2D eigenvalue weighted by molar-refractivity contribution is 5.81. The zero-order valence-corrected chi connectivity index (χ0v) is 12.3. The molecule has 1 aliphatic rings. The number of fused-ring (bicyclic) bond motifs is 1. The Kier molecular flexibility index (Phi) is 4.12. The summed E-state index contributed by atoms with van der Waals surface area (Å²) in [6.45, 7) is 5.60. The summed E-state index contributed by atoms with van der Waals surface area (Å²) in [6.07, 6.45) is 0.360. The van der Waals surface area contributed by atoms with Crippen LogP contribution in [0.25, 0.3) is 0 Å². The van der Waals surface area contributed by atoms with E-state index in [2.05, 4.69) is 30.7 Å². The number of ether oxygens (including phenoxy) is 1. The largest absolute Gasteiger partial charge is 0.469 e. The summed E-state index contributed by atoms with van der Waals surface area (Å²) in [5.41, 5.74) is 2.43. The predicted octanol–water partition coefficient (Wildman–Crippen LogP) is 2.26. The van der Waals surface area contributed by atoms with Crippen LogP contribution in [0.15, 0.2) is 24.3 Å². The van der Waals surface area contributed by atoms with Crippen molar-refractivity contribution in [2.75, 3.05) is 13.7 Å². The van der Waals surface area contributed by atoms with Gasteiger partial charge >= 0.3 is 5.97 Å². The fraction of sp³-hybridized carbons (Fsp3) is 0.500. The van der Waals surface area contributed by atoms with Crippen LogP contribution in [0.3, 0.4) is 0 Å². The van der Waals surface area contributed by atoms with Gasteiger partial charge in [-0.25, -0.2) is 0 Å². The molecule has 0 saturated carbocycles. The standard InChI is InChI=1S/C16H21NO3/c1-16(2)11-17(14(18)8-9-15(19)20-3)10-12-6-4-5-7-13(12)16/h4-7H,8-11H2,1-3H3. The van der Waals surface area contributed by atoms with Crippen LogP contribution in [0.4, 0.5) is 0 Å². The van der Waals surface area contributed by atoms with E-state index in [1.54, 1.807) is 0 Å². The van der Waals surface area contributed by atoms with E-state index >= 15 is 0 Å². The molecule has 20 heavy (non-hydrogen) atoms. The number of esters is 1. The molecule has 1 aliphatic heterocycles. The van der Waals surface area contributed by atoms with Gasteiger partial charge in [0.05, 0.1) is 13.5 Å². The van der Waals surface area contributed by atoms with Gasteiger partial charge in [-0.2, -0.15) is 0 Å². The molecule has 0 fully saturated rings. The molecule has 1 heterocycles. The summed E-state index contributed by atoms with van der Waals surface area (Å²) in [6, 6.07) is 8.23. The number of hydrogen-bond acceptors (Lipinski definition) is 3. The van der Waals surface area contributed by atoms with Crippen molar-refractivity contribution < 1.29 is 14.3 Å². The Bertz CT molecular complexity index is 522. The third kappa shape index (κ3) is 3.00. The minimum Gasteiger partial charge on any atom is -0.469 e. The zero-order valence-electron chi connectivity index (χ0n) is 12.3. The SMILES string of the molecule is COC(=O)CCC(=O)N1Cc2ccccc2C(C)(C)C1. The van der Waals surface area contributed by atoms with Crippen molar-refractivity contribution in [2.45, 2.75) is 38.6 Å². The number of methoxy groups -OCH3 is 1. The van der Waals surface area contributed by atoms with Crippen LogP contribution in [0.1, 0.15) is 37.8 Å². The molecular formula is C16H21NO3. The van der Waals surface area contributed by atoms with Crippen LogP contribution in [0, 0.1) is 0 Å². The van der Waals surface area contributed by atoms with Gasteiger partial charge in [0, 0.05) is 24.9 Å². The molecule has 0 saturated heterocycles. The van der Waals surface area contributed by atoms with E-state index < -0.39 is 0 Å². The molecule has 0 bridgehead atoms. The van der Waals surface area contributed by atoms with Crippen molar-refractivity contribution in [3.8, 4) is 0 Å². The molecule has 0 spiro atoms. The fourth-order valence-electron chi connectivity index (χ4n) is 2.79. The van der Waals surface area contributed by atoms with Gasteiger partial charge in [-0.3, -0.25) is 9.59 Å². The lowest BCUT2D eigenvalue weighted by atomic mass is 9.78. The highest BCUT2D eigenvalue weighted by Gasteiger charge is 2.33. The molecule has 0 radical (unpaired) electrons. The van der Waals surface area contributed by atoms with Crippen LogP contribution in [-0.4, -0.2) is 30.4 Å². The number of carbonyl (C=O) groups is 2. The van der Waals surface area contributed by atoms with Gasteiger partial charge in [0.25, 0.3) is 0 Å². The molecule has 0 aromatic heterocycles. The zero-order chi connectivity index (χ0) is 14.8. The second kappa shape index (κ2) is 5.65. The lowest BCUT2D eigenvalue weighted by Gasteiger charge is -2.40. The van der Waals surface area contributed by atoms with E-state index in [-0.39, 0.29) is 30.1 Å². The summed E-state index contributed by atoms with van der Waals surface area (Å²) >= 11 is 0. The van der Waals surface area contributed by atoms with Crippen LogP contribution in [-0.2, 0) is 26.3 Å². The monoisotopic (exact) mass is 275 g/mol. The normalized spacial score (nSPS) is 16.4. The second-order valence-electron chi connectivity index (χ2n) is 5.87. The number of carbonyl (C=O) groups excluding carboxylic acids is 2. The highest BCUT2D eigenvalue weighted by atomic mass is 16.5. The number of amides is 1. The van der Waals surface area contributed by atoms with Crippen LogP contribution < -0.4 is 0 Å². The number of hydrogen-bond donors (Lipinski definition) is 0. The summed E-state index contributed by atoms with van der Waals surface area (Å²) < 4.78 is 4.58. The summed E-state index contributed by atoms with van der Waals surface area (Å²) in [7, 11) is 1.34. The average Bonchev–Trinajstić information content (AvgIpc) is 2.43. The number of benzene rings is 1. The first-order valence-electron chi connectivity index (χ1n) is 6.87. The second-order valence-corrected chi connectivity index (χ2v) is 5.87. The van der Waals surface area contributed by atoms with E-state index in [1.807, 2.05) is 17.0 Å². The Morgan fingerprint density at radius 3 is 2.65 bits per heavy atom. The minimum atomic E-state index is -0.338. The lowest BCUT2D eigenvalue weighted by Crippen LogP contribution is -2.45. The predicted molar refractivity (Wildman–Crippen MR) is 76.1 cm³/mol.